The highest BCUT2D eigenvalue weighted by Crippen LogP contribution is 2.41. The molecule has 3 aromatic rings. The standard InChI is InChI=1S/C21H15N3O/c25-21-16-11-5-4-10-15(16)18-19(14-8-2-1-3-9-14)24-13-7-6-12-17(24)22-20(18)23-21/h1-13,19H,(H,23,25)/t19-/m1/s1. The van der Waals surface area contributed by atoms with Crippen molar-refractivity contribution in [1.29, 1.82) is 0 Å². The molecule has 0 amide bonds. The Bertz CT molecular complexity index is 1120. The van der Waals surface area contributed by atoms with E-state index in [9.17, 15) is 4.79 Å². The molecule has 0 saturated carbocycles. The first kappa shape index (κ1) is 14.0. The van der Waals surface area contributed by atoms with Crippen LogP contribution in [0.1, 0.15) is 17.2 Å². The van der Waals surface area contributed by atoms with Crippen molar-refractivity contribution < 1.29 is 0 Å². The summed E-state index contributed by atoms with van der Waals surface area (Å²) < 4.78 is 0. The molecule has 120 valence electrons. The fourth-order valence-corrected chi connectivity index (χ4v) is 3.63. The minimum Gasteiger partial charge on any atom is -0.321 e. The van der Waals surface area contributed by atoms with Crippen LogP contribution in [-0.2, 0) is 0 Å². The van der Waals surface area contributed by atoms with Crippen LogP contribution in [0.2, 0.25) is 0 Å². The summed E-state index contributed by atoms with van der Waals surface area (Å²) in [5, 5.41) is 1.64. The smallest absolute Gasteiger partial charge is 0.257 e. The Morgan fingerprint density at radius 1 is 0.920 bits per heavy atom. The largest absolute Gasteiger partial charge is 0.321 e. The topological polar surface area (TPSA) is 48.5 Å². The van der Waals surface area contributed by atoms with Crippen LogP contribution >= 0.6 is 0 Å². The van der Waals surface area contributed by atoms with E-state index in [1.807, 2.05) is 66.9 Å². The number of aromatic nitrogens is 1. The van der Waals surface area contributed by atoms with Crippen LogP contribution < -0.4 is 5.56 Å². The van der Waals surface area contributed by atoms with Crippen LogP contribution in [0.4, 0.5) is 5.82 Å². The molecule has 0 bridgehead atoms. The number of H-pyrrole nitrogens is 1. The Hall–Kier alpha value is -3.40. The number of rotatable bonds is 1. The van der Waals surface area contributed by atoms with E-state index in [0.717, 1.165) is 22.3 Å². The van der Waals surface area contributed by atoms with Crippen molar-refractivity contribution in [2.24, 2.45) is 4.99 Å². The summed E-state index contributed by atoms with van der Waals surface area (Å²) in [6.07, 6.45) is 7.97. The number of pyridine rings is 1. The fraction of sp³-hybridized carbons (Fsp3) is 0.0476. The van der Waals surface area contributed by atoms with Gasteiger partial charge < -0.3 is 9.88 Å². The van der Waals surface area contributed by atoms with Gasteiger partial charge in [-0.25, -0.2) is 4.99 Å². The third-order valence-corrected chi connectivity index (χ3v) is 4.71. The normalized spacial score (nSPS) is 18.0. The number of amidine groups is 1. The van der Waals surface area contributed by atoms with E-state index in [1.54, 1.807) is 0 Å². The van der Waals surface area contributed by atoms with Crippen molar-refractivity contribution >= 4 is 22.4 Å². The molecule has 3 heterocycles. The molecule has 2 aromatic carbocycles. The first-order valence-corrected chi connectivity index (χ1v) is 8.25. The average molecular weight is 325 g/mol. The molecule has 0 saturated heterocycles. The minimum absolute atomic E-state index is 0.0355. The van der Waals surface area contributed by atoms with E-state index >= 15 is 0 Å². The molecule has 4 nitrogen and oxygen atoms in total. The second-order valence-electron chi connectivity index (χ2n) is 6.15. The highest BCUT2D eigenvalue weighted by atomic mass is 16.1. The zero-order chi connectivity index (χ0) is 16.8. The number of aliphatic imine (C=N–C) groups is 1. The number of hydrogen-bond acceptors (Lipinski definition) is 3. The molecule has 1 aromatic heterocycles. The van der Waals surface area contributed by atoms with Gasteiger partial charge in [0, 0.05) is 17.1 Å². The number of nitrogens with zero attached hydrogens (tertiary/aromatic N) is 2. The van der Waals surface area contributed by atoms with Crippen LogP contribution in [0.5, 0.6) is 0 Å². The lowest BCUT2D eigenvalue weighted by Crippen LogP contribution is -2.34. The van der Waals surface area contributed by atoms with Crippen LogP contribution in [-0.4, -0.2) is 15.7 Å². The summed E-state index contributed by atoms with van der Waals surface area (Å²) in [5.41, 5.74) is 2.09. The van der Waals surface area contributed by atoms with Gasteiger partial charge in [0.1, 0.15) is 11.7 Å². The van der Waals surface area contributed by atoms with Gasteiger partial charge in [-0.3, -0.25) is 4.79 Å². The highest BCUT2D eigenvalue weighted by molar-refractivity contribution is 6.01. The predicted octanol–water partition coefficient (Wildman–Crippen LogP) is 4.05. The van der Waals surface area contributed by atoms with E-state index in [2.05, 4.69) is 22.0 Å². The second-order valence-corrected chi connectivity index (χ2v) is 6.15. The molecular formula is C21H15N3O. The Labute approximate surface area is 144 Å². The molecule has 0 spiro atoms. The molecule has 4 heteroatoms. The van der Waals surface area contributed by atoms with E-state index in [1.165, 1.54) is 0 Å². The molecule has 2 aliphatic rings. The van der Waals surface area contributed by atoms with Gasteiger partial charge in [-0.2, -0.15) is 0 Å². The van der Waals surface area contributed by atoms with Gasteiger partial charge in [-0.15, -0.1) is 0 Å². The summed E-state index contributed by atoms with van der Waals surface area (Å²) in [7, 11) is 0. The van der Waals surface area contributed by atoms with E-state index in [4.69, 9.17) is 4.99 Å². The van der Waals surface area contributed by atoms with Crippen LogP contribution in [0, 0.1) is 0 Å². The fourth-order valence-electron chi connectivity index (χ4n) is 3.63. The van der Waals surface area contributed by atoms with E-state index in [0.29, 0.717) is 11.2 Å². The van der Waals surface area contributed by atoms with Crippen LogP contribution in [0.3, 0.4) is 0 Å². The Morgan fingerprint density at radius 2 is 1.68 bits per heavy atom. The summed E-state index contributed by atoms with van der Waals surface area (Å²) in [6, 6.07) is 18.0. The number of fused-ring (bicyclic) bond motifs is 4. The summed E-state index contributed by atoms with van der Waals surface area (Å²) in [5.74, 6) is 1.47. The third kappa shape index (κ3) is 2.08. The lowest BCUT2D eigenvalue weighted by Gasteiger charge is -2.36. The summed E-state index contributed by atoms with van der Waals surface area (Å²) in [6.45, 7) is 0. The third-order valence-electron chi connectivity index (χ3n) is 4.71. The van der Waals surface area contributed by atoms with Gasteiger partial charge in [-0.05, 0) is 29.2 Å². The van der Waals surface area contributed by atoms with E-state index < -0.39 is 0 Å². The second kappa shape index (κ2) is 5.31. The van der Waals surface area contributed by atoms with E-state index in [-0.39, 0.29) is 11.6 Å². The molecule has 0 unspecified atom stereocenters. The first-order chi connectivity index (χ1) is 12.3. The SMILES string of the molecule is O=c1[nH]c2c(c3ccccc13)[C@@H](c1ccccc1)N1C=CC=CC1=N2. The Balaban J connectivity index is 1.90. The number of aromatic amines is 1. The van der Waals surface area contributed by atoms with Crippen LogP contribution in [0.25, 0.3) is 10.8 Å². The zero-order valence-corrected chi connectivity index (χ0v) is 13.4. The van der Waals surface area contributed by atoms with Crippen molar-refractivity contribution in [3.05, 3.63) is 101 Å². The quantitative estimate of drug-likeness (QED) is 0.734. The minimum atomic E-state index is -0.103. The van der Waals surface area contributed by atoms with Gasteiger partial charge in [0.05, 0.1) is 6.04 Å². The molecule has 1 atom stereocenters. The maximum absolute atomic E-state index is 12.5. The summed E-state index contributed by atoms with van der Waals surface area (Å²) in [4.78, 5) is 22.3. The number of benzene rings is 2. The molecule has 0 aliphatic carbocycles. The molecule has 5 rings (SSSR count). The molecule has 0 radical (unpaired) electrons. The highest BCUT2D eigenvalue weighted by Gasteiger charge is 2.32. The predicted molar refractivity (Wildman–Crippen MR) is 100 cm³/mol. The Morgan fingerprint density at radius 3 is 2.52 bits per heavy atom. The molecule has 0 fully saturated rings. The van der Waals surface area contributed by atoms with Crippen molar-refractivity contribution in [1.82, 2.24) is 9.88 Å². The van der Waals surface area contributed by atoms with Gasteiger partial charge in [0.15, 0.2) is 0 Å². The first-order valence-electron chi connectivity index (χ1n) is 8.25. The van der Waals surface area contributed by atoms with Crippen LogP contribution in [0.15, 0.2) is 88.8 Å². The number of nitrogens with one attached hydrogen (secondary N) is 1. The molecule has 25 heavy (non-hydrogen) atoms. The van der Waals surface area contributed by atoms with Gasteiger partial charge in [0.2, 0.25) is 0 Å². The molecule has 1 N–H and O–H groups in total. The molecule has 2 aliphatic heterocycles. The average Bonchev–Trinajstić information content (AvgIpc) is 2.67. The monoisotopic (exact) mass is 325 g/mol. The summed E-state index contributed by atoms with van der Waals surface area (Å²) >= 11 is 0. The Kier molecular flexibility index (Phi) is 2.97. The zero-order valence-electron chi connectivity index (χ0n) is 13.4. The van der Waals surface area contributed by atoms with Crippen molar-refractivity contribution in [3.8, 4) is 0 Å². The maximum Gasteiger partial charge on any atom is 0.257 e. The molecular weight excluding hydrogens is 310 g/mol. The van der Waals surface area contributed by atoms with Crippen molar-refractivity contribution in [3.63, 3.8) is 0 Å². The van der Waals surface area contributed by atoms with Crippen molar-refractivity contribution in [2.75, 3.05) is 0 Å². The lowest BCUT2D eigenvalue weighted by molar-refractivity contribution is 0.465. The van der Waals surface area contributed by atoms with Gasteiger partial charge in [-0.1, -0.05) is 54.6 Å². The number of allylic oxidation sites excluding steroid dienone is 2. The van der Waals surface area contributed by atoms with Gasteiger partial charge >= 0.3 is 0 Å². The number of hydrogen-bond donors (Lipinski definition) is 1. The lowest BCUT2D eigenvalue weighted by atomic mass is 9.91. The van der Waals surface area contributed by atoms with Crippen molar-refractivity contribution in [2.45, 2.75) is 6.04 Å². The van der Waals surface area contributed by atoms with Gasteiger partial charge in [0.25, 0.3) is 5.56 Å². The maximum atomic E-state index is 12.5.